The highest BCUT2D eigenvalue weighted by Crippen LogP contribution is 2.28. The molecular weight excluding hydrogens is 361 g/mol. The molecule has 0 aromatic heterocycles. The second kappa shape index (κ2) is 8.88. The van der Waals surface area contributed by atoms with Crippen molar-refractivity contribution in [2.45, 2.75) is 18.6 Å². The molecular formula is C18H20FNO5S. The van der Waals surface area contributed by atoms with Gasteiger partial charge in [0.2, 0.25) is 10.0 Å². The molecule has 0 aliphatic rings. The fourth-order valence-electron chi connectivity index (χ4n) is 2.48. The van der Waals surface area contributed by atoms with Crippen LogP contribution in [0.2, 0.25) is 0 Å². The second-order valence-electron chi connectivity index (χ2n) is 5.63. The Morgan fingerprint density at radius 2 is 1.73 bits per heavy atom. The van der Waals surface area contributed by atoms with E-state index in [4.69, 9.17) is 14.6 Å². The van der Waals surface area contributed by atoms with Gasteiger partial charge in [0.1, 0.15) is 11.9 Å². The zero-order valence-corrected chi connectivity index (χ0v) is 15.0. The maximum absolute atomic E-state index is 14.1. The molecule has 0 heterocycles. The first-order valence-electron chi connectivity index (χ1n) is 7.85. The molecule has 26 heavy (non-hydrogen) atoms. The summed E-state index contributed by atoms with van der Waals surface area (Å²) in [6, 6.07) is 14.3. The SMILES string of the molecule is CO[C@H](C(=O)O[C@H](CCS(N)(=O)=O)c1ccccc1F)c1ccccc1. The minimum absolute atomic E-state index is 0.0763. The first kappa shape index (κ1) is 20.0. The molecule has 0 aliphatic heterocycles. The van der Waals surface area contributed by atoms with Gasteiger partial charge in [-0.25, -0.2) is 22.7 Å². The largest absolute Gasteiger partial charge is 0.455 e. The van der Waals surface area contributed by atoms with Crippen LogP contribution in [0.1, 0.15) is 29.8 Å². The number of halogens is 1. The average Bonchev–Trinajstić information content (AvgIpc) is 2.60. The summed E-state index contributed by atoms with van der Waals surface area (Å²) in [5, 5.41) is 5.02. The highest BCUT2D eigenvalue weighted by Gasteiger charge is 2.27. The number of primary sulfonamides is 1. The molecule has 2 aromatic carbocycles. The van der Waals surface area contributed by atoms with Gasteiger partial charge in [0.05, 0.1) is 5.75 Å². The first-order chi connectivity index (χ1) is 12.3. The Hall–Kier alpha value is -2.29. The van der Waals surface area contributed by atoms with Crippen LogP contribution in [0.3, 0.4) is 0 Å². The van der Waals surface area contributed by atoms with Crippen LogP contribution in [0.25, 0.3) is 0 Å². The molecule has 2 atom stereocenters. The second-order valence-corrected chi connectivity index (χ2v) is 7.36. The van der Waals surface area contributed by atoms with Crippen molar-refractivity contribution in [2.24, 2.45) is 5.14 Å². The number of benzene rings is 2. The quantitative estimate of drug-likeness (QED) is 0.709. The molecule has 6 nitrogen and oxygen atoms in total. The van der Waals surface area contributed by atoms with E-state index in [1.54, 1.807) is 36.4 Å². The van der Waals surface area contributed by atoms with Gasteiger partial charge in [0, 0.05) is 19.1 Å². The predicted octanol–water partition coefficient (Wildman–Crippen LogP) is 2.48. The van der Waals surface area contributed by atoms with Crippen LogP contribution in [0, 0.1) is 5.82 Å². The van der Waals surface area contributed by atoms with Crippen molar-refractivity contribution < 1.29 is 27.1 Å². The van der Waals surface area contributed by atoms with Gasteiger partial charge in [0.15, 0.2) is 6.10 Å². The first-order valence-corrected chi connectivity index (χ1v) is 9.56. The Balaban J connectivity index is 2.25. The molecule has 0 saturated heterocycles. The van der Waals surface area contributed by atoms with Crippen LogP contribution in [-0.2, 0) is 24.3 Å². The minimum atomic E-state index is -3.80. The number of ether oxygens (including phenoxy) is 2. The topological polar surface area (TPSA) is 95.7 Å². The molecule has 0 unspecified atom stereocenters. The van der Waals surface area contributed by atoms with E-state index in [2.05, 4.69) is 0 Å². The van der Waals surface area contributed by atoms with Crippen molar-refractivity contribution >= 4 is 16.0 Å². The number of rotatable bonds is 8. The van der Waals surface area contributed by atoms with E-state index in [1.165, 1.54) is 25.3 Å². The summed E-state index contributed by atoms with van der Waals surface area (Å²) in [4.78, 5) is 12.5. The molecule has 2 aromatic rings. The van der Waals surface area contributed by atoms with Crippen LogP contribution in [0.4, 0.5) is 4.39 Å². The van der Waals surface area contributed by atoms with Crippen molar-refractivity contribution in [1.82, 2.24) is 0 Å². The van der Waals surface area contributed by atoms with E-state index in [9.17, 15) is 17.6 Å². The zero-order chi connectivity index (χ0) is 19.2. The van der Waals surface area contributed by atoms with Crippen LogP contribution in [0.15, 0.2) is 54.6 Å². The molecule has 2 N–H and O–H groups in total. The molecule has 0 aliphatic carbocycles. The summed E-state index contributed by atoms with van der Waals surface area (Å²) in [5.74, 6) is -1.81. The van der Waals surface area contributed by atoms with Crippen LogP contribution in [-0.4, -0.2) is 27.2 Å². The molecule has 8 heteroatoms. The minimum Gasteiger partial charge on any atom is -0.455 e. The molecule has 0 fully saturated rings. The highest BCUT2D eigenvalue weighted by atomic mass is 32.2. The van der Waals surface area contributed by atoms with Gasteiger partial charge >= 0.3 is 5.97 Å². The summed E-state index contributed by atoms with van der Waals surface area (Å²) in [5.41, 5.74) is 0.645. The van der Waals surface area contributed by atoms with Crippen molar-refractivity contribution in [3.8, 4) is 0 Å². The molecule has 0 saturated carbocycles. The Bertz CT molecular complexity index is 842. The smallest absolute Gasteiger partial charge is 0.340 e. The summed E-state index contributed by atoms with van der Waals surface area (Å²) in [7, 11) is -2.45. The molecule has 2 rings (SSSR count). The van der Waals surface area contributed by atoms with E-state index >= 15 is 0 Å². The molecule has 0 amide bonds. The predicted molar refractivity (Wildman–Crippen MR) is 94.0 cm³/mol. The van der Waals surface area contributed by atoms with Crippen molar-refractivity contribution in [1.29, 1.82) is 0 Å². The summed E-state index contributed by atoms with van der Waals surface area (Å²) < 4.78 is 47.2. The lowest BCUT2D eigenvalue weighted by molar-refractivity contribution is -0.162. The Morgan fingerprint density at radius 3 is 2.31 bits per heavy atom. The third-order valence-corrected chi connectivity index (χ3v) is 4.53. The fourth-order valence-corrected chi connectivity index (χ4v) is 3.03. The number of methoxy groups -OCH3 is 1. The van der Waals surface area contributed by atoms with Gasteiger partial charge in [-0.2, -0.15) is 0 Å². The van der Waals surface area contributed by atoms with Crippen LogP contribution < -0.4 is 5.14 Å². The number of esters is 1. The van der Waals surface area contributed by atoms with E-state index < -0.39 is 39.8 Å². The molecule has 0 radical (unpaired) electrons. The maximum atomic E-state index is 14.1. The number of hydrogen-bond donors (Lipinski definition) is 1. The van der Waals surface area contributed by atoms with E-state index in [-0.39, 0.29) is 12.0 Å². The summed E-state index contributed by atoms with van der Waals surface area (Å²) in [6.45, 7) is 0. The fraction of sp³-hybridized carbons (Fsp3) is 0.278. The third kappa shape index (κ3) is 5.62. The number of hydrogen-bond acceptors (Lipinski definition) is 5. The lowest BCUT2D eigenvalue weighted by Gasteiger charge is -2.22. The Labute approximate surface area is 151 Å². The lowest BCUT2D eigenvalue weighted by atomic mass is 10.1. The monoisotopic (exact) mass is 381 g/mol. The van der Waals surface area contributed by atoms with Gasteiger partial charge in [-0.15, -0.1) is 0 Å². The van der Waals surface area contributed by atoms with Crippen molar-refractivity contribution in [3.63, 3.8) is 0 Å². The molecule has 140 valence electrons. The Kier molecular flexibility index (Phi) is 6.84. The van der Waals surface area contributed by atoms with Gasteiger partial charge in [-0.1, -0.05) is 48.5 Å². The Morgan fingerprint density at radius 1 is 1.12 bits per heavy atom. The van der Waals surface area contributed by atoms with E-state index in [1.807, 2.05) is 0 Å². The van der Waals surface area contributed by atoms with Crippen LogP contribution >= 0.6 is 0 Å². The normalized spacial score (nSPS) is 13.8. The van der Waals surface area contributed by atoms with Gasteiger partial charge in [-0.3, -0.25) is 0 Å². The number of carbonyl (C=O) groups excluding carboxylic acids is 1. The number of carbonyl (C=O) groups is 1. The zero-order valence-electron chi connectivity index (χ0n) is 14.2. The standard InChI is InChI=1S/C18H20FNO5S/c1-24-17(13-7-3-2-4-8-13)18(21)25-16(11-12-26(20,22)23)14-9-5-6-10-15(14)19/h2-10,16-17H,11-12H2,1H3,(H2,20,22,23)/t16-,17+/m1/s1. The molecule has 0 spiro atoms. The van der Waals surface area contributed by atoms with Crippen molar-refractivity contribution in [2.75, 3.05) is 12.9 Å². The third-order valence-electron chi connectivity index (χ3n) is 3.73. The van der Waals surface area contributed by atoms with Gasteiger partial charge < -0.3 is 9.47 Å². The number of sulfonamides is 1. The van der Waals surface area contributed by atoms with E-state index in [0.29, 0.717) is 5.56 Å². The van der Waals surface area contributed by atoms with Gasteiger partial charge in [-0.05, 0) is 11.6 Å². The number of nitrogens with two attached hydrogens (primary N) is 1. The molecule has 0 bridgehead atoms. The summed E-state index contributed by atoms with van der Waals surface area (Å²) in [6.07, 6.45) is -2.29. The highest BCUT2D eigenvalue weighted by molar-refractivity contribution is 7.89. The van der Waals surface area contributed by atoms with E-state index in [0.717, 1.165) is 0 Å². The van der Waals surface area contributed by atoms with Crippen molar-refractivity contribution in [3.05, 3.63) is 71.5 Å². The summed E-state index contributed by atoms with van der Waals surface area (Å²) >= 11 is 0. The average molecular weight is 381 g/mol. The van der Waals surface area contributed by atoms with Gasteiger partial charge in [0.25, 0.3) is 0 Å². The maximum Gasteiger partial charge on any atom is 0.340 e. The van der Waals surface area contributed by atoms with Crippen LogP contribution in [0.5, 0.6) is 0 Å². The lowest BCUT2D eigenvalue weighted by Crippen LogP contribution is -2.24.